The summed E-state index contributed by atoms with van der Waals surface area (Å²) in [5, 5.41) is 12.7. The lowest BCUT2D eigenvalue weighted by Gasteiger charge is -2.37. The maximum absolute atomic E-state index is 11.3. The van der Waals surface area contributed by atoms with E-state index in [2.05, 4.69) is 9.88 Å². The van der Waals surface area contributed by atoms with Crippen molar-refractivity contribution in [2.45, 2.75) is 57.1 Å². The molecule has 1 aliphatic heterocycles. The monoisotopic (exact) mass is 332 g/mol. The Morgan fingerprint density at radius 2 is 2.29 bits per heavy atom. The first-order valence-electron chi connectivity index (χ1n) is 7.42. The number of piperidine rings is 1. The van der Waals surface area contributed by atoms with Crippen molar-refractivity contribution in [1.29, 1.82) is 0 Å². The lowest BCUT2D eigenvalue weighted by molar-refractivity contribution is 0.0190. The van der Waals surface area contributed by atoms with Crippen molar-refractivity contribution in [3.8, 4) is 0 Å². The highest BCUT2D eigenvalue weighted by atomic mass is 32.2. The summed E-state index contributed by atoms with van der Waals surface area (Å²) in [4.78, 5) is 6.71. The molecule has 5 nitrogen and oxygen atoms in total. The Morgan fingerprint density at radius 3 is 2.95 bits per heavy atom. The molecule has 0 bridgehead atoms. The quantitative estimate of drug-likeness (QED) is 0.860. The number of sulfone groups is 1. The number of hydrogen-bond donors (Lipinski definition) is 1. The van der Waals surface area contributed by atoms with Gasteiger partial charge in [0, 0.05) is 24.2 Å². The van der Waals surface area contributed by atoms with Gasteiger partial charge < -0.3 is 5.11 Å². The van der Waals surface area contributed by atoms with Crippen LogP contribution in [0.15, 0.2) is 5.38 Å². The molecule has 1 aromatic rings. The zero-order chi connectivity index (χ0) is 15.5. The second kappa shape index (κ2) is 7.17. The van der Waals surface area contributed by atoms with E-state index in [0.717, 1.165) is 37.9 Å². The van der Waals surface area contributed by atoms with Crippen molar-refractivity contribution < 1.29 is 13.5 Å². The molecule has 0 saturated carbocycles. The van der Waals surface area contributed by atoms with Crippen LogP contribution in [-0.2, 0) is 22.1 Å². The van der Waals surface area contributed by atoms with E-state index >= 15 is 0 Å². The second-order valence-electron chi connectivity index (χ2n) is 5.81. The fourth-order valence-electron chi connectivity index (χ4n) is 2.84. The van der Waals surface area contributed by atoms with Gasteiger partial charge in [-0.3, -0.25) is 4.90 Å². The molecule has 120 valence electrons. The first kappa shape index (κ1) is 16.9. The topological polar surface area (TPSA) is 70.5 Å². The fourth-order valence-corrected chi connectivity index (χ4v) is 4.84. The first-order valence-corrected chi connectivity index (χ1v) is 10.4. The van der Waals surface area contributed by atoms with Crippen molar-refractivity contribution in [2.75, 3.05) is 12.8 Å². The van der Waals surface area contributed by atoms with Gasteiger partial charge in [-0.25, -0.2) is 13.4 Å². The summed E-state index contributed by atoms with van der Waals surface area (Å²) in [6, 6.07) is 0.198. The van der Waals surface area contributed by atoms with Crippen molar-refractivity contribution in [3.05, 3.63) is 16.1 Å². The van der Waals surface area contributed by atoms with Crippen molar-refractivity contribution in [1.82, 2.24) is 9.88 Å². The zero-order valence-corrected chi connectivity index (χ0v) is 14.3. The molecule has 0 radical (unpaired) electrons. The molecule has 0 aliphatic carbocycles. The van der Waals surface area contributed by atoms with Gasteiger partial charge in [0.05, 0.1) is 11.8 Å². The van der Waals surface area contributed by atoms with Crippen LogP contribution in [0.4, 0.5) is 0 Å². The Morgan fingerprint density at radius 1 is 1.52 bits per heavy atom. The third-order valence-corrected chi connectivity index (χ3v) is 5.75. The smallest absolute Gasteiger partial charge is 0.153 e. The number of nitrogens with zero attached hydrogens (tertiary/aromatic N) is 2. The minimum Gasteiger partial charge on any atom is -0.392 e. The average Bonchev–Trinajstić information content (AvgIpc) is 2.83. The number of likely N-dealkylation sites (tertiary alicyclic amines) is 1. The highest BCUT2D eigenvalue weighted by Crippen LogP contribution is 2.24. The van der Waals surface area contributed by atoms with E-state index in [4.69, 9.17) is 0 Å². The Bertz CT molecular complexity index is 556. The molecule has 0 amide bonds. The molecule has 0 spiro atoms. The van der Waals surface area contributed by atoms with Gasteiger partial charge in [-0.2, -0.15) is 0 Å². The van der Waals surface area contributed by atoms with Crippen LogP contribution in [0.2, 0.25) is 0 Å². The molecular weight excluding hydrogens is 308 g/mol. The molecular formula is C14H24N2O3S2. The molecule has 0 unspecified atom stereocenters. The normalized spacial score (nSPS) is 22.3. The summed E-state index contributed by atoms with van der Waals surface area (Å²) in [7, 11) is -3.03. The summed E-state index contributed by atoms with van der Waals surface area (Å²) in [6.45, 7) is 3.67. The van der Waals surface area contributed by atoms with Gasteiger partial charge in [0.1, 0.15) is 10.8 Å². The molecule has 21 heavy (non-hydrogen) atoms. The van der Waals surface area contributed by atoms with Crippen LogP contribution < -0.4 is 0 Å². The van der Waals surface area contributed by atoms with E-state index in [1.165, 1.54) is 17.6 Å². The molecule has 7 heteroatoms. The molecule has 1 saturated heterocycles. The van der Waals surface area contributed by atoms with E-state index < -0.39 is 9.84 Å². The Labute approximate surface area is 130 Å². The number of aliphatic hydroxyl groups excluding tert-OH is 1. The summed E-state index contributed by atoms with van der Waals surface area (Å²) in [5.74, 6) is 0.0126. The van der Waals surface area contributed by atoms with E-state index in [-0.39, 0.29) is 17.9 Å². The van der Waals surface area contributed by atoms with Gasteiger partial charge in [0.2, 0.25) is 0 Å². The van der Waals surface area contributed by atoms with Gasteiger partial charge in [-0.15, -0.1) is 11.3 Å². The molecule has 2 atom stereocenters. The molecule has 1 aromatic heterocycles. The van der Waals surface area contributed by atoms with Crippen molar-refractivity contribution in [3.63, 3.8) is 0 Å². The number of hydrogen-bond acceptors (Lipinski definition) is 6. The van der Waals surface area contributed by atoms with Crippen molar-refractivity contribution >= 4 is 21.2 Å². The summed E-state index contributed by atoms with van der Waals surface area (Å²) >= 11 is 1.40. The molecule has 2 heterocycles. The van der Waals surface area contributed by atoms with Crippen LogP contribution in [-0.4, -0.2) is 48.4 Å². The number of rotatable bonds is 6. The van der Waals surface area contributed by atoms with Crippen LogP contribution >= 0.6 is 11.3 Å². The van der Waals surface area contributed by atoms with Gasteiger partial charge >= 0.3 is 0 Å². The lowest BCUT2D eigenvalue weighted by atomic mass is 9.96. The predicted molar refractivity (Wildman–Crippen MR) is 85.0 cm³/mol. The number of aliphatic hydroxyl groups is 1. The Balaban J connectivity index is 2.02. The van der Waals surface area contributed by atoms with Crippen LogP contribution in [0.1, 0.15) is 43.3 Å². The highest BCUT2D eigenvalue weighted by molar-refractivity contribution is 7.90. The Kier molecular flexibility index (Phi) is 5.76. The fraction of sp³-hybridized carbons (Fsp3) is 0.786. The standard InChI is InChI=1S/C14H24N2O3S2/c1-3-13(17)12-6-4-5-7-16(12)8-11-9-20-14(15-11)10-21(2,18)19/h9,12-13,17H,3-8,10H2,1-2H3/t12-,13-/m0/s1. The number of aromatic nitrogens is 1. The summed E-state index contributed by atoms with van der Waals surface area (Å²) in [5.41, 5.74) is 0.911. The molecule has 1 aliphatic rings. The Hall–Kier alpha value is -0.500. The second-order valence-corrected chi connectivity index (χ2v) is 8.89. The highest BCUT2D eigenvalue weighted by Gasteiger charge is 2.28. The SMILES string of the molecule is CC[C@H](O)[C@@H]1CCCCN1Cc1csc(CS(C)(=O)=O)n1. The number of thiazole rings is 1. The maximum atomic E-state index is 11.3. The average molecular weight is 332 g/mol. The van der Waals surface area contributed by atoms with Crippen LogP contribution in [0.5, 0.6) is 0 Å². The summed E-state index contributed by atoms with van der Waals surface area (Å²) in [6.07, 6.45) is 5.03. The van der Waals surface area contributed by atoms with E-state index in [1.807, 2.05) is 12.3 Å². The first-order chi connectivity index (χ1) is 9.89. The van der Waals surface area contributed by atoms with Gasteiger partial charge in [0.25, 0.3) is 0 Å². The van der Waals surface area contributed by atoms with E-state index in [9.17, 15) is 13.5 Å². The third kappa shape index (κ3) is 5.02. The molecule has 1 N–H and O–H groups in total. The molecule has 1 fully saturated rings. The van der Waals surface area contributed by atoms with Crippen LogP contribution in [0.3, 0.4) is 0 Å². The van der Waals surface area contributed by atoms with E-state index in [0.29, 0.717) is 11.6 Å². The van der Waals surface area contributed by atoms with E-state index in [1.54, 1.807) is 0 Å². The minimum atomic E-state index is -3.03. The predicted octanol–water partition coefficient (Wildman–Crippen LogP) is 1.81. The van der Waals surface area contributed by atoms with Gasteiger partial charge in [0.15, 0.2) is 9.84 Å². The zero-order valence-electron chi connectivity index (χ0n) is 12.7. The van der Waals surface area contributed by atoms with Crippen molar-refractivity contribution in [2.24, 2.45) is 0 Å². The van der Waals surface area contributed by atoms with Crippen LogP contribution in [0.25, 0.3) is 0 Å². The minimum absolute atomic E-state index is 0.0126. The largest absolute Gasteiger partial charge is 0.392 e. The molecule has 0 aromatic carbocycles. The van der Waals surface area contributed by atoms with Crippen LogP contribution in [0, 0.1) is 0 Å². The van der Waals surface area contributed by atoms with Gasteiger partial charge in [-0.05, 0) is 25.8 Å². The maximum Gasteiger partial charge on any atom is 0.153 e. The third-order valence-electron chi connectivity index (χ3n) is 3.88. The molecule has 2 rings (SSSR count). The van der Waals surface area contributed by atoms with Gasteiger partial charge in [-0.1, -0.05) is 13.3 Å². The lowest BCUT2D eigenvalue weighted by Crippen LogP contribution is -2.46. The summed E-state index contributed by atoms with van der Waals surface area (Å²) < 4.78 is 22.6.